The summed E-state index contributed by atoms with van der Waals surface area (Å²) in [5.74, 6) is -3.05. The number of halogens is 2. The summed E-state index contributed by atoms with van der Waals surface area (Å²) < 4.78 is 58.7. The molecule has 0 saturated heterocycles. The van der Waals surface area contributed by atoms with Crippen LogP contribution >= 0.6 is 0 Å². The number of benzene rings is 3. The Morgan fingerprint density at radius 3 is 2.24 bits per heavy atom. The van der Waals surface area contributed by atoms with Crippen molar-refractivity contribution < 1.29 is 31.5 Å². The zero-order valence-corrected chi connectivity index (χ0v) is 22.0. The molecule has 0 bridgehead atoms. The molecule has 3 rings (SSSR count). The minimum absolute atomic E-state index is 0.0453. The number of ether oxygens (including phenoxy) is 1. The van der Waals surface area contributed by atoms with Crippen LogP contribution in [0, 0.1) is 11.6 Å². The molecule has 0 spiro atoms. The lowest BCUT2D eigenvalue weighted by Crippen LogP contribution is -2.52. The van der Waals surface area contributed by atoms with Gasteiger partial charge in [0.15, 0.2) is 11.6 Å². The lowest BCUT2D eigenvalue weighted by Gasteiger charge is -2.33. The minimum atomic E-state index is -4.09. The summed E-state index contributed by atoms with van der Waals surface area (Å²) in [7, 11) is -1.15. The Bertz CT molecular complexity index is 1390. The van der Waals surface area contributed by atoms with Gasteiger partial charge in [-0.15, -0.1) is 0 Å². The molecule has 8 nitrogen and oxygen atoms in total. The van der Waals surface area contributed by atoms with E-state index in [1.807, 2.05) is 18.2 Å². The molecule has 11 heteroatoms. The maximum atomic E-state index is 13.9. The number of sulfonamides is 1. The summed E-state index contributed by atoms with van der Waals surface area (Å²) >= 11 is 0. The van der Waals surface area contributed by atoms with Crippen LogP contribution in [-0.2, 0) is 32.6 Å². The normalized spacial score (nSPS) is 11.9. The van der Waals surface area contributed by atoms with Crippen LogP contribution in [0.3, 0.4) is 0 Å². The lowest BCUT2D eigenvalue weighted by atomic mass is 10.0. The van der Waals surface area contributed by atoms with Gasteiger partial charge < -0.3 is 15.0 Å². The number of anilines is 1. The number of carbonyl (C=O) groups excluding carboxylic acids is 2. The summed E-state index contributed by atoms with van der Waals surface area (Å²) in [6.45, 7) is -0.785. The van der Waals surface area contributed by atoms with Crippen LogP contribution < -0.4 is 14.4 Å². The highest BCUT2D eigenvalue weighted by Gasteiger charge is 2.32. The molecule has 0 aliphatic carbocycles. The summed E-state index contributed by atoms with van der Waals surface area (Å²) in [5, 5.41) is 2.58. The van der Waals surface area contributed by atoms with Crippen LogP contribution in [0.25, 0.3) is 0 Å². The molecule has 1 atom stereocenters. The smallest absolute Gasteiger partial charge is 0.244 e. The van der Waals surface area contributed by atoms with Crippen molar-refractivity contribution in [2.45, 2.75) is 19.0 Å². The van der Waals surface area contributed by atoms with Crippen molar-refractivity contribution >= 4 is 27.5 Å². The molecule has 0 aliphatic rings. The van der Waals surface area contributed by atoms with Gasteiger partial charge >= 0.3 is 0 Å². The molecule has 3 aromatic carbocycles. The Labute approximate surface area is 220 Å². The zero-order chi connectivity index (χ0) is 27.9. The lowest BCUT2D eigenvalue weighted by molar-refractivity contribution is -0.139. The van der Waals surface area contributed by atoms with E-state index in [9.17, 15) is 26.8 Å². The summed E-state index contributed by atoms with van der Waals surface area (Å²) in [6.07, 6.45) is 1.01. The second-order valence-corrected chi connectivity index (χ2v) is 10.5. The van der Waals surface area contributed by atoms with Gasteiger partial charge in [-0.05, 0) is 35.4 Å². The molecule has 0 aliphatic heterocycles. The monoisotopic (exact) mass is 545 g/mol. The van der Waals surface area contributed by atoms with E-state index >= 15 is 0 Å². The molecule has 38 heavy (non-hydrogen) atoms. The highest BCUT2D eigenvalue weighted by molar-refractivity contribution is 7.92. The number of likely N-dealkylation sites (N-methyl/N-ethyl adjacent to an activating group) is 1. The molecule has 0 heterocycles. The first kappa shape index (κ1) is 28.6. The van der Waals surface area contributed by atoms with Gasteiger partial charge in [0.1, 0.15) is 18.3 Å². The third kappa shape index (κ3) is 7.28. The van der Waals surface area contributed by atoms with Crippen molar-refractivity contribution in [3.63, 3.8) is 0 Å². The predicted octanol–water partition coefficient (Wildman–Crippen LogP) is 3.13. The number of methoxy groups -OCH3 is 1. The predicted molar refractivity (Wildman–Crippen MR) is 140 cm³/mol. The third-order valence-corrected chi connectivity index (χ3v) is 7.02. The van der Waals surface area contributed by atoms with E-state index in [0.29, 0.717) is 21.7 Å². The third-order valence-electron chi connectivity index (χ3n) is 5.87. The topological polar surface area (TPSA) is 96.0 Å². The van der Waals surface area contributed by atoms with Gasteiger partial charge in [0.2, 0.25) is 21.8 Å². The Hall–Kier alpha value is -3.99. The first-order valence-corrected chi connectivity index (χ1v) is 13.5. The second kappa shape index (κ2) is 12.5. The van der Waals surface area contributed by atoms with E-state index in [-0.39, 0.29) is 18.7 Å². The minimum Gasteiger partial charge on any atom is -0.497 e. The van der Waals surface area contributed by atoms with Crippen molar-refractivity contribution in [2.75, 3.05) is 31.3 Å². The summed E-state index contributed by atoms with van der Waals surface area (Å²) in [6, 6.07) is 17.5. The Morgan fingerprint density at radius 2 is 1.63 bits per heavy atom. The first-order valence-electron chi connectivity index (χ1n) is 11.6. The van der Waals surface area contributed by atoms with Crippen LogP contribution in [0.2, 0.25) is 0 Å². The van der Waals surface area contributed by atoms with E-state index in [1.54, 1.807) is 36.4 Å². The molecule has 1 N–H and O–H groups in total. The van der Waals surface area contributed by atoms with Gasteiger partial charge in [-0.25, -0.2) is 17.2 Å². The number of carbonyl (C=O) groups is 2. The Balaban J connectivity index is 2.04. The van der Waals surface area contributed by atoms with Gasteiger partial charge in [-0.1, -0.05) is 42.5 Å². The average molecular weight is 546 g/mol. The van der Waals surface area contributed by atoms with Gasteiger partial charge in [-0.3, -0.25) is 13.9 Å². The van der Waals surface area contributed by atoms with Crippen molar-refractivity contribution in [3.8, 4) is 5.75 Å². The Kier molecular flexibility index (Phi) is 9.40. The van der Waals surface area contributed by atoms with E-state index in [4.69, 9.17) is 4.74 Å². The average Bonchev–Trinajstić information content (AvgIpc) is 2.90. The number of rotatable bonds is 11. The fourth-order valence-electron chi connectivity index (χ4n) is 3.94. The number of nitrogens with one attached hydrogen (secondary N) is 1. The zero-order valence-electron chi connectivity index (χ0n) is 21.2. The van der Waals surface area contributed by atoms with E-state index in [2.05, 4.69) is 5.32 Å². The van der Waals surface area contributed by atoms with Crippen LogP contribution in [0.5, 0.6) is 5.75 Å². The molecule has 2 amide bonds. The molecular formula is C27H29F2N3O5S. The van der Waals surface area contributed by atoms with Gasteiger partial charge in [-0.2, -0.15) is 0 Å². The van der Waals surface area contributed by atoms with E-state index in [1.165, 1.54) is 19.1 Å². The fraction of sp³-hybridized carbons (Fsp3) is 0.259. The van der Waals surface area contributed by atoms with Crippen molar-refractivity contribution in [3.05, 3.63) is 95.6 Å². The fourth-order valence-corrected chi connectivity index (χ4v) is 4.78. The molecule has 0 unspecified atom stereocenters. The van der Waals surface area contributed by atoms with E-state index in [0.717, 1.165) is 24.0 Å². The molecule has 0 aromatic heterocycles. The van der Waals surface area contributed by atoms with Gasteiger partial charge in [0, 0.05) is 26.1 Å². The highest BCUT2D eigenvalue weighted by atomic mass is 32.2. The maximum Gasteiger partial charge on any atom is 0.244 e. The molecular weight excluding hydrogens is 516 g/mol. The first-order chi connectivity index (χ1) is 18.0. The molecule has 3 aromatic rings. The van der Waals surface area contributed by atoms with Crippen molar-refractivity contribution in [1.29, 1.82) is 0 Å². The van der Waals surface area contributed by atoms with Crippen LogP contribution in [0.1, 0.15) is 11.1 Å². The number of amides is 2. The summed E-state index contributed by atoms with van der Waals surface area (Å²) in [4.78, 5) is 28.1. The second-order valence-electron chi connectivity index (χ2n) is 8.56. The molecule has 202 valence electrons. The number of hydrogen-bond donors (Lipinski definition) is 1. The van der Waals surface area contributed by atoms with Crippen LogP contribution in [-0.4, -0.2) is 58.1 Å². The number of nitrogens with zero attached hydrogens (tertiary/aromatic N) is 2. The standard InChI is InChI=1S/C27H29F2N3O5S/c1-30-27(34)25(15-19-8-5-4-6-9-19)31(17-20-10-7-11-22(14-20)37-2)26(33)18-32(38(3,35)36)21-12-13-23(28)24(29)16-21/h4-14,16,25H,15,17-18H2,1-3H3,(H,30,34)/t25-/m1/s1. The van der Waals surface area contributed by atoms with Crippen LogP contribution in [0.15, 0.2) is 72.8 Å². The van der Waals surface area contributed by atoms with E-state index < -0.39 is 46.1 Å². The highest BCUT2D eigenvalue weighted by Crippen LogP contribution is 2.23. The maximum absolute atomic E-state index is 13.9. The van der Waals surface area contributed by atoms with Gasteiger partial charge in [0.25, 0.3) is 0 Å². The number of hydrogen-bond acceptors (Lipinski definition) is 5. The van der Waals surface area contributed by atoms with Crippen molar-refractivity contribution in [2.24, 2.45) is 0 Å². The Morgan fingerprint density at radius 1 is 0.947 bits per heavy atom. The van der Waals surface area contributed by atoms with Gasteiger partial charge in [0.05, 0.1) is 19.1 Å². The van der Waals surface area contributed by atoms with Crippen LogP contribution in [0.4, 0.5) is 14.5 Å². The van der Waals surface area contributed by atoms with Crippen molar-refractivity contribution in [1.82, 2.24) is 10.2 Å². The SMILES string of the molecule is CNC(=O)[C@@H](Cc1ccccc1)N(Cc1cccc(OC)c1)C(=O)CN(c1ccc(F)c(F)c1)S(C)(=O)=O. The largest absolute Gasteiger partial charge is 0.497 e. The molecule has 0 saturated carbocycles. The molecule has 0 radical (unpaired) electrons. The quantitative estimate of drug-likeness (QED) is 0.400. The summed E-state index contributed by atoms with van der Waals surface area (Å²) in [5.41, 5.74) is 1.20. The molecule has 0 fully saturated rings.